The molecule has 0 radical (unpaired) electrons. The summed E-state index contributed by atoms with van der Waals surface area (Å²) in [7, 11) is 1.89. The normalized spacial score (nSPS) is 22.8. The molecule has 2 aliphatic rings. The van der Waals surface area contributed by atoms with E-state index in [1.807, 2.05) is 30.1 Å². The fourth-order valence-corrected chi connectivity index (χ4v) is 3.88. The van der Waals surface area contributed by atoms with Gasteiger partial charge in [0.15, 0.2) is 0 Å². The van der Waals surface area contributed by atoms with Crippen molar-refractivity contribution in [3.05, 3.63) is 29.8 Å². The second-order valence-electron chi connectivity index (χ2n) is 8.38. The van der Waals surface area contributed by atoms with E-state index in [0.717, 1.165) is 38.5 Å². The molecule has 142 valence electrons. The second kappa shape index (κ2) is 7.78. The first-order chi connectivity index (χ1) is 12.4. The quantitative estimate of drug-likeness (QED) is 0.889. The predicted octanol–water partition coefficient (Wildman–Crippen LogP) is 3.84. The number of anilines is 1. The number of ether oxygens (including phenoxy) is 1. The van der Waals surface area contributed by atoms with E-state index in [1.54, 1.807) is 6.07 Å². The molecular weight excluding hydrogens is 328 g/mol. The average molecular weight is 358 g/mol. The van der Waals surface area contributed by atoms with Crippen LogP contribution in [0.1, 0.15) is 62.7 Å². The number of hydrogen-bond acceptors (Lipinski definition) is 3. The fourth-order valence-electron chi connectivity index (χ4n) is 3.88. The van der Waals surface area contributed by atoms with Crippen molar-refractivity contribution in [1.82, 2.24) is 4.90 Å². The van der Waals surface area contributed by atoms with Crippen LogP contribution in [0.25, 0.3) is 0 Å². The largest absolute Gasteiger partial charge is 0.368 e. The van der Waals surface area contributed by atoms with Crippen LogP contribution in [-0.2, 0) is 9.53 Å². The van der Waals surface area contributed by atoms with Crippen LogP contribution in [-0.4, -0.2) is 42.5 Å². The number of carbonyl (C=O) groups excluding carboxylic acids is 2. The van der Waals surface area contributed by atoms with Crippen LogP contribution in [0.15, 0.2) is 24.3 Å². The number of nitrogens with one attached hydrogen (secondary N) is 1. The maximum absolute atomic E-state index is 12.9. The van der Waals surface area contributed by atoms with Crippen molar-refractivity contribution in [1.29, 1.82) is 0 Å². The molecule has 3 rings (SSSR count). The summed E-state index contributed by atoms with van der Waals surface area (Å²) in [6.45, 7) is 5.23. The van der Waals surface area contributed by atoms with E-state index in [1.165, 1.54) is 0 Å². The van der Waals surface area contributed by atoms with Gasteiger partial charge in [0.05, 0.1) is 0 Å². The molecule has 1 unspecified atom stereocenters. The van der Waals surface area contributed by atoms with Gasteiger partial charge in [0.25, 0.3) is 11.8 Å². The summed E-state index contributed by atoms with van der Waals surface area (Å²) in [5, 5.41) is 2.87. The highest BCUT2D eigenvalue weighted by atomic mass is 16.5. The van der Waals surface area contributed by atoms with Crippen molar-refractivity contribution < 1.29 is 14.3 Å². The lowest BCUT2D eigenvalue weighted by Gasteiger charge is -2.38. The zero-order chi connectivity index (χ0) is 18.7. The molecule has 2 fully saturated rings. The summed E-state index contributed by atoms with van der Waals surface area (Å²) in [6.07, 6.45) is 5.68. The molecule has 1 aliphatic carbocycles. The molecule has 2 amide bonds. The zero-order valence-electron chi connectivity index (χ0n) is 16.1. The highest BCUT2D eigenvalue weighted by Gasteiger charge is 2.31. The van der Waals surface area contributed by atoms with Crippen molar-refractivity contribution in [3.8, 4) is 0 Å². The molecule has 26 heavy (non-hydrogen) atoms. The molecule has 1 aliphatic heterocycles. The maximum atomic E-state index is 12.9. The molecule has 5 nitrogen and oxygen atoms in total. The van der Waals surface area contributed by atoms with E-state index in [9.17, 15) is 9.59 Å². The van der Waals surface area contributed by atoms with Crippen molar-refractivity contribution in [3.63, 3.8) is 0 Å². The van der Waals surface area contributed by atoms with E-state index < -0.39 is 0 Å². The van der Waals surface area contributed by atoms with Crippen LogP contribution in [0, 0.1) is 5.41 Å². The third-order valence-electron chi connectivity index (χ3n) is 5.78. The Bertz CT molecular complexity index is 655. The molecule has 0 spiro atoms. The standard InChI is InChI=1S/C21H30N2O3/c1-21(2)11-9-17(10-12-21)23(3)20(25)15-6-4-7-16(14-15)22-19(24)18-8-5-13-26-18/h4,6-7,14,17-18H,5,8-13H2,1-3H3,(H,22,24). The molecule has 1 N–H and O–H groups in total. The number of hydrogen-bond donors (Lipinski definition) is 1. The molecule has 0 bridgehead atoms. The van der Waals surface area contributed by atoms with Crippen LogP contribution < -0.4 is 5.32 Å². The molecule has 1 atom stereocenters. The minimum atomic E-state index is -0.373. The minimum absolute atomic E-state index is 0.0166. The van der Waals surface area contributed by atoms with Crippen LogP contribution >= 0.6 is 0 Å². The average Bonchev–Trinajstić information content (AvgIpc) is 3.15. The summed E-state index contributed by atoms with van der Waals surface area (Å²) in [4.78, 5) is 27.0. The molecule has 1 aromatic rings. The van der Waals surface area contributed by atoms with Crippen molar-refractivity contribution >= 4 is 17.5 Å². The van der Waals surface area contributed by atoms with Crippen LogP contribution in [0.2, 0.25) is 0 Å². The molecular formula is C21H30N2O3. The van der Waals surface area contributed by atoms with Gasteiger partial charge in [-0.05, 0) is 62.1 Å². The Kier molecular flexibility index (Phi) is 5.66. The lowest BCUT2D eigenvalue weighted by atomic mass is 9.75. The number of benzene rings is 1. The molecule has 5 heteroatoms. The van der Waals surface area contributed by atoms with Gasteiger partial charge in [-0.25, -0.2) is 0 Å². The fraction of sp³-hybridized carbons (Fsp3) is 0.619. The molecule has 1 saturated heterocycles. The van der Waals surface area contributed by atoms with Gasteiger partial charge in [-0.2, -0.15) is 0 Å². The second-order valence-corrected chi connectivity index (χ2v) is 8.38. The first-order valence-electron chi connectivity index (χ1n) is 9.65. The molecule has 1 aromatic carbocycles. The number of rotatable bonds is 4. The highest BCUT2D eigenvalue weighted by molar-refractivity contribution is 5.98. The van der Waals surface area contributed by atoms with Gasteiger partial charge >= 0.3 is 0 Å². The summed E-state index contributed by atoms with van der Waals surface area (Å²) < 4.78 is 5.41. The van der Waals surface area contributed by atoms with Gasteiger partial charge in [0, 0.05) is 30.9 Å². The Labute approximate surface area is 156 Å². The smallest absolute Gasteiger partial charge is 0.253 e. The van der Waals surface area contributed by atoms with Gasteiger partial charge in [0.1, 0.15) is 6.10 Å². The monoisotopic (exact) mass is 358 g/mol. The Morgan fingerprint density at radius 3 is 2.58 bits per heavy atom. The third-order valence-corrected chi connectivity index (χ3v) is 5.78. The van der Waals surface area contributed by atoms with Crippen molar-refractivity contribution in [2.24, 2.45) is 5.41 Å². The van der Waals surface area contributed by atoms with E-state index in [2.05, 4.69) is 19.2 Å². The van der Waals surface area contributed by atoms with E-state index in [-0.39, 0.29) is 17.9 Å². The Hall–Kier alpha value is -1.88. The predicted molar refractivity (Wildman–Crippen MR) is 102 cm³/mol. The first kappa shape index (κ1) is 18.9. The topological polar surface area (TPSA) is 58.6 Å². The minimum Gasteiger partial charge on any atom is -0.368 e. The lowest BCUT2D eigenvalue weighted by Crippen LogP contribution is -2.40. The highest BCUT2D eigenvalue weighted by Crippen LogP contribution is 2.36. The van der Waals surface area contributed by atoms with Crippen molar-refractivity contribution in [2.75, 3.05) is 19.0 Å². The van der Waals surface area contributed by atoms with Gasteiger partial charge in [-0.1, -0.05) is 19.9 Å². The maximum Gasteiger partial charge on any atom is 0.253 e. The summed E-state index contributed by atoms with van der Waals surface area (Å²) >= 11 is 0. The van der Waals surface area contributed by atoms with Crippen LogP contribution in [0.5, 0.6) is 0 Å². The number of nitrogens with zero attached hydrogens (tertiary/aromatic N) is 1. The van der Waals surface area contributed by atoms with Gasteiger partial charge < -0.3 is 15.0 Å². The van der Waals surface area contributed by atoms with E-state index in [4.69, 9.17) is 4.74 Å². The van der Waals surface area contributed by atoms with Gasteiger partial charge in [0.2, 0.25) is 0 Å². The van der Waals surface area contributed by atoms with Crippen molar-refractivity contribution in [2.45, 2.75) is 64.5 Å². The number of carbonyl (C=O) groups is 2. The Balaban J connectivity index is 1.63. The van der Waals surface area contributed by atoms with Gasteiger partial charge in [-0.3, -0.25) is 9.59 Å². The molecule has 0 aromatic heterocycles. The SMILES string of the molecule is CN(C(=O)c1cccc(NC(=O)C2CCCO2)c1)C1CCC(C)(C)CC1. The van der Waals surface area contributed by atoms with Crippen LogP contribution in [0.3, 0.4) is 0 Å². The lowest BCUT2D eigenvalue weighted by molar-refractivity contribution is -0.124. The Morgan fingerprint density at radius 2 is 1.92 bits per heavy atom. The number of amides is 2. The molecule has 1 heterocycles. The molecule has 1 saturated carbocycles. The van der Waals surface area contributed by atoms with E-state index >= 15 is 0 Å². The first-order valence-corrected chi connectivity index (χ1v) is 9.65. The Morgan fingerprint density at radius 1 is 1.19 bits per heavy atom. The summed E-state index contributed by atoms with van der Waals surface area (Å²) in [5.41, 5.74) is 1.64. The van der Waals surface area contributed by atoms with Crippen LogP contribution in [0.4, 0.5) is 5.69 Å². The van der Waals surface area contributed by atoms with E-state index in [0.29, 0.717) is 29.3 Å². The third kappa shape index (κ3) is 4.44. The zero-order valence-corrected chi connectivity index (χ0v) is 16.1. The van der Waals surface area contributed by atoms with Gasteiger partial charge in [-0.15, -0.1) is 0 Å². The summed E-state index contributed by atoms with van der Waals surface area (Å²) in [5.74, 6) is -0.113. The summed E-state index contributed by atoms with van der Waals surface area (Å²) in [6, 6.07) is 7.50.